The second-order valence-electron chi connectivity index (χ2n) is 6.93. The number of alkyl carbamates (subject to hydrolysis) is 1. The zero-order chi connectivity index (χ0) is 14.6. The Kier molecular flexibility index (Phi) is 2.86. The summed E-state index contributed by atoms with van der Waals surface area (Å²) in [7, 11) is 0. The van der Waals surface area contributed by atoms with Gasteiger partial charge in [-0.05, 0) is 39.5 Å². The van der Waals surface area contributed by atoms with Crippen LogP contribution in [-0.4, -0.2) is 34.4 Å². The largest absolute Gasteiger partial charge is 0.480 e. The Labute approximate surface area is 112 Å². The van der Waals surface area contributed by atoms with E-state index >= 15 is 0 Å². The molecule has 0 aromatic rings. The molecule has 0 aromatic heterocycles. The number of carbonyl (C=O) groups excluding carboxylic acids is 1. The van der Waals surface area contributed by atoms with Crippen LogP contribution in [0.1, 0.15) is 40.5 Å². The fourth-order valence-corrected chi connectivity index (χ4v) is 3.19. The number of fused-ring (bicyclic) bond motifs is 1. The smallest absolute Gasteiger partial charge is 0.407 e. The Morgan fingerprint density at radius 1 is 1.42 bits per heavy atom. The maximum atomic E-state index is 11.8. The van der Waals surface area contributed by atoms with Gasteiger partial charge in [-0.1, -0.05) is 6.92 Å². The van der Waals surface area contributed by atoms with Crippen LogP contribution in [0.25, 0.3) is 0 Å². The number of carboxylic acids is 1. The van der Waals surface area contributed by atoms with Crippen LogP contribution in [0.15, 0.2) is 0 Å². The average Bonchev–Trinajstić information content (AvgIpc) is 2.79. The monoisotopic (exact) mass is 270 g/mol. The number of hydrogen-bond donors (Lipinski definition) is 3. The molecule has 2 aliphatic carbocycles. The van der Waals surface area contributed by atoms with E-state index in [4.69, 9.17) is 10.5 Å². The molecule has 1 amide bonds. The van der Waals surface area contributed by atoms with Crippen molar-refractivity contribution in [2.24, 2.45) is 17.1 Å². The summed E-state index contributed by atoms with van der Waals surface area (Å²) in [5, 5.41) is 12.1. The van der Waals surface area contributed by atoms with Crippen LogP contribution in [0.4, 0.5) is 4.79 Å². The van der Waals surface area contributed by atoms with Gasteiger partial charge in [-0.25, -0.2) is 4.79 Å². The highest BCUT2D eigenvalue weighted by molar-refractivity contribution is 5.84. The van der Waals surface area contributed by atoms with Crippen molar-refractivity contribution in [3.05, 3.63) is 0 Å². The first-order chi connectivity index (χ1) is 8.50. The van der Waals surface area contributed by atoms with Crippen molar-refractivity contribution in [1.29, 1.82) is 0 Å². The van der Waals surface area contributed by atoms with Crippen molar-refractivity contribution in [2.45, 2.75) is 57.7 Å². The molecule has 0 spiro atoms. The Hall–Kier alpha value is -1.30. The van der Waals surface area contributed by atoms with E-state index in [9.17, 15) is 14.7 Å². The summed E-state index contributed by atoms with van der Waals surface area (Å²) in [6, 6.07) is -0.580. The third-order valence-corrected chi connectivity index (χ3v) is 4.47. The summed E-state index contributed by atoms with van der Waals surface area (Å²) in [5.74, 6) is -0.787. The summed E-state index contributed by atoms with van der Waals surface area (Å²) in [6.45, 7) is 7.15. The lowest BCUT2D eigenvalue weighted by molar-refractivity contribution is -0.146. The molecule has 4 N–H and O–H groups in total. The summed E-state index contributed by atoms with van der Waals surface area (Å²) in [5.41, 5.74) is 3.67. The van der Waals surface area contributed by atoms with Gasteiger partial charge in [-0.15, -0.1) is 0 Å². The first-order valence-corrected chi connectivity index (χ1v) is 6.52. The number of rotatable bonds is 2. The van der Waals surface area contributed by atoms with Gasteiger partial charge in [-0.2, -0.15) is 0 Å². The molecule has 6 heteroatoms. The molecule has 2 aliphatic rings. The molecule has 0 radical (unpaired) electrons. The predicted molar refractivity (Wildman–Crippen MR) is 68.5 cm³/mol. The van der Waals surface area contributed by atoms with Gasteiger partial charge >= 0.3 is 12.1 Å². The molecule has 6 nitrogen and oxygen atoms in total. The third kappa shape index (κ3) is 2.08. The Balaban J connectivity index is 2.10. The molecule has 0 aromatic carbocycles. The highest BCUT2D eigenvalue weighted by Gasteiger charge is 2.74. The third-order valence-electron chi connectivity index (χ3n) is 4.47. The van der Waals surface area contributed by atoms with E-state index in [1.165, 1.54) is 0 Å². The maximum absolute atomic E-state index is 11.8. The van der Waals surface area contributed by atoms with E-state index in [0.29, 0.717) is 6.42 Å². The number of nitrogens with one attached hydrogen (secondary N) is 1. The molecule has 0 saturated heterocycles. The molecule has 2 fully saturated rings. The predicted octanol–water partition coefficient (Wildman–Crippen LogP) is 1.09. The van der Waals surface area contributed by atoms with Crippen LogP contribution < -0.4 is 11.1 Å². The number of aliphatic carboxylic acids is 1. The van der Waals surface area contributed by atoms with Crippen molar-refractivity contribution in [3.63, 3.8) is 0 Å². The molecule has 4 atom stereocenters. The molecule has 19 heavy (non-hydrogen) atoms. The maximum Gasteiger partial charge on any atom is 0.407 e. The molecular formula is C13H22N2O4. The lowest BCUT2D eigenvalue weighted by Gasteiger charge is -2.35. The molecule has 0 aliphatic heterocycles. The van der Waals surface area contributed by atoms with Crippen molar-refractivity contribution >= 4 is 12.1 Å². The molecule has 2 rings (SSSR count). The van der Waals surface area contributed by atoms with Gasteiger partial charge in [0.05, 0.1) is 6.04 Å². The van der Waals surface area contributed by atoms with Crippen LogP contribution >= 0.6 is 0 Å². The lowest BCUT2D eigenvalue weighted by Crippen LogP contribution is -2.65. The van der Waals surface area contributed by atoms with Gasteiger partial charge in [0.15, 0.2) is 0 Å². The molecule has 2 saturated carbocycles. The number of nitrogens with two attached hydrogens (primary N) is 1. The van der Waals surface area contributed by atoms with Crippen LogP contribution in [0.3, 0.4) is 0 Å². The normalized spacial score (nSPS) is 40.5. The first-order valence-electron chi connectivity index (χ1n) is 6.52. The van der Waals surface area contributed by atoms with Gasteiger partial charge in [-0.3, -0.25) is 4.79 Å². The molecule has 4 unspecified atom stereocenters. The Morgan fingerprint density at radius 3 is 2.47 bits per heavy atom. The summed E-state index contributed by atoms with van der Waals surface area (Å²) in [4.78, 5) is 23.3. The summed E-state index contributed by atoms with van der Waals surface area (Å²) >= 11 is 0. The fraction of sp³-hybridized carbons (Fsp3) is 0.846. The fourth-order valence-electron chi connectivity index (χ4n) is 3.19. The van der Waals surface area contributed by atoms with Crippen LogP contribution in [0.5, 0.6) is 0 Å². The van der Waals surface area contributed by atoms with Crippen LogP contribution in [-0.2, 0) is 9.53 Å². The minimum atomic E-state index is -1.41. The van der Waals surface area contributed by atoms with E-state index in [0.717, 1.165) is 6.42 Å². The minimum Gasteiger partial charge on any atom is -0.480 e. The van der Waals surface area contributed by atoms with E-state index in [1.807, 2.05) is 6.92 Å². The molecule has 0 heterocycles. The second kappa shape index (κ2) is 3.85. The molecular weight excluding hydrogens is 248 g/mol. The highest BCUT2D eigenvalue weighted by Crippen LogP contribution is 2.67. The molecule has 0 bridgehead atoms. The number of carbonyl (C=O) groups is 2. The van der Waals surface area contributed by atoms with Crippen LogP contribution in [0, 0.1) is 11.3 Å². The van der Waals surface area contributed by atoms with E-state index in [-0.39, 0.29) is 5.92 Å². The quantitative estimate of drug-likeness (QED) is 0.697. The van der Waals surface area contributed by atoms with E-state index < -0.39 is 34.7 Å². The second-order valence-corrected chi connectivity index (χ2v) is 6.93. The number of ether oxygens (including phenoxy) is 1. The minimum absolute atomic E-state index is 0.272. The zero-order valence-electron chi connectivity index (χ0n) is 11.8. The van der Waals surface area contributed by atoms with E-state index in [1.54, 1.807) is 20.8 Å². The van der Waals surface area contributed by atoms with Crippen LogP contribution in [0.2, 0.25) is 0 Å². The number of carboxylic acid groups (broad SMARTS) is 1. The van der Waals surface area contributed by atoms with Crippen molar-refractivity contribution in [3.8, 4) is 0 Å². The van der Waals surface area contributed by atoms with E-state index in [2.05, 4.69) is 5.32 Å². The SMILES string of the molecule is CC(C)(C)OC(=O)NC1CC2CC2(C)C1(N)C(=O)O. The summed E-state index contributed by atoms with van der Waals surface area (Å²) < 4.78 is 5.16. The van der Waals surface area contributed by atoms with Crippen molar-refractivity contribution in [2.75, 3.05) is 0 Å². The summed E-state index contributed by atoms with van der Waals surface area (Å²) in [6.07, 6.45) is 0.791. The van der Waals surface area contributed by atoms with Crippen molar-refractivity contribution in [1.82, 2.24) is 5.32 Å². The first kappa shape index (κ1) is 14.1. The average molecular weight is 270 g/mol. The Bertz CT molecular complexity index is 431. The Morgan fingerprint density at radius 2 is 2.00 bits per heavy atom. The molecule has 108 valence electrons. The van der Waals surface area contributed by atoms with Gasteiger partial charge in [0.1, 0.15) is 11.1 Å². The standard InChI is InChI=1S/C13H22N2O4/c1-11(2,3)19-10(18)15-8-5-7-6-12(7,4)13(8,14)9(16)17/h7-8H,5-6,14H2,1-4H3,(H,15,18)(H,16,17). The number of amides is 1. The van der Waals surface area contributed by atoms with Crippen molar-refractivity contribution < 1.29 is 19.4 Å². The number of hydrogen-bond acceptors (Lipinski definition) is 4. The zero-order valence-corrected chi connectivity index (χ0v) is 11.8. The van der Waals surface area contributed by atoms with Gasteiger partial charge in [0.2, 0.25) is 0 Å². The topological polar surface area (TPSA) is 102 Å². The lowest BCUT2D eigenvalue weighted by atomic mass is 9.81. The van der Waals surface area contributed by atoms with Gasteiger partial charge < -0.3 is 20.9 Å². The van der Waals surface area contributed by atoms with Gasteiger partial charge in [0, 0.05) is 5.41 Å². The highest BCUT2D eigenvalue weighted by atomic mass is 16.6. The van der Waals surface area contributed by atoms with Gasteiger partial charge in [0.25, 0.3) is 0 Å².